The van der Waals surface area contributed by atoms with Crippen molar-refractivity contribution in [2.45, 2.75) is 39.0 Å². The number of rotatable bonds is 5. The highest BCUT2D eigenvalue weighted by Crippen LogP contribution is 2.01. The molecule has 0 saturated carbocycles. The molecule has 0 aromatic carbocycles. The quantitative estimate of drug-likeness (QED) is 0.682. The van der Waals surface area contributed by atoms with Gasteiger partial charge in [-0.2, -0.15) is 0 Å². The van der Waals surface area contributed by atoms with Gasteiger partial charge in [0, 0.05) is 32.2 Å². The summed E-state index contributed by atoms with van der Waals surface area (Å²) in [6.45, 7) is 10.3. The van der Waals surface area contributed by atoms with E-state index in [-0.39, 0.29) is 12.2 Å². The van der Waals surface area contributed by atoms with Crippen LogP contribution in [0.1, 0.15) is 20.8 Å². The lowest BCUT2D eigenvalue weighted by atomic mass is 10.2. The van der Waals surface area contributed by atoms with E-state index in [2.05, 4.69) is 17.1 Å². The highest BCUT2D eigenvalue weighted by atomic mass is 16.5. The fraction of sp³-hybridized carbons (Fsp3) is 1.00. The van der Waals surface area contributed by atoms with Gasteiger partial charge in [-0.3, -0.25) is 4.90 Å². The van der Waals surface area contributed by atoms with E-state index in [1.807, 2.05) is 13.8 Å². The van der Waals surface area contributed by atoms with Crippen LogP contribution in [0.15, 0.2) is 0 Å². The summed E-state index contributed by atoms with van der Waals surface area (Å²) < 4.78 is 5.38. The third kappa shape index (κ3) is 5.47. The maximum atomic E-state index is 9.75. The molecule has 1 saturated heterocycles. The Morgan fingerprint density at radius 2 is 2.27 bits per heavy atom. The van der Waals surface area contributed by atoms with Crippen molar-refractivity contribution in [2.75, 3.05) is 32.8 Å². The average Bonchev–Trinajstić information content (AvgIpc) is 2.15. The first kappa shape index (κ1) is 12.9. The summed E-state index contributed by atoms with van der Waals surface area (Å²) in [4.78, 5) is 2.29. The molecule has 0 aromatic rings. The van der Waals surface area contributed by atoms with Gasteiger partial charge in [0.05, 0.1) is 18.8 Å². The second kappa shape index (κ2) is 6.43. The number of aliphatic hydroxyl groups excluding tert-OH is 1. The molecule has 2 unspecified atom stereocenters. The first-order valence-electron chi connectivity index (χ1n) is 5.83. The first-order valence-corrected chi connectivity index (χ1v) is 5.83. The van der Waals surface area contributed by atoms with Gasteiger partial charge in [0.25, 0.3) is 0 Å². The van der Waals surface area contributed by atoms with Crippen LogP contribution in [-0.2, 0) is 4.74 Å². The molecule has 1 rings (SSSR count). The number of ether oxygens (including phenoxy) is 1. The third-order valence-corrected chi connectivity index (χ3v) is 2.54. The third-order valence-electron chi connectivity index (χ3n) is 2.54. The van der Waals surface area contributed by atoms with Gasteiger partial charge in [0.1, 0.15) is 0 Å². The minimum Gasteiger partial charge on any atom is -0.389 e. The van der Waals surface area contributed by atoms with Crippen LogP contribution in [0.25, 0.3) is 0 Å². The van der Waals surface area contributed by atoms with E-state index >= 15 is 0 Å². The minimum absolute atomic E-state index is 0.196. The van der Waals surface area contributed by atoms with Crippen LogP contribution in [0.5, 0.6) is 0 Å². The molecule has 1 heterocycles. The molecule has 2 N–H and O–H groups in total. The summed E-state index contributed by atoms with van der Waals surface area (Å²) in [7, 11) is 0. The molecule has 0 radical (unpaired) electrons. The van der Waals surface area contributed by atoms with Crippen molar-refractivity contribution < 1.29 is 9.84 Å². The zero-order chi connectivity index (χ0) is 11.3. The summed E-state index contributed by atoms with van der Waals surface area (Å²) in [6.07, 6.45) is -0.167. The van der Waals surface area contributed by atoms with Crippen molar-refractivity contribution in [1.29, 1.82) is 0 Å². The fourth-order valence-corrected chi connectivity index (χ4v) is 1.83. The van der Waals surface area contributed by atoms with Crippen LogP contribution in [0.2, 0.25) is 0 Å². The Labute approximate surface area is 92.6 Å². The number of hydrogen-bond acceptors (Lipinski definition) is 4. The molecule has 1 aliphatic rings. The Hall–Kier alpha value is -0.160. The zero-order valence-corrected chi connectivity index (χ0v) is 10.1. The molecule has 0 aliphatic carbocycles. The van der Waals surface area contributed by atoms with Crippen LogP contribution in [0.3, 0.4) is 0 Å². The van der Waals surface area contributed by atoms with Gasteiger partial charge in [0.15, 0.2) is 0 Å². The van der Waals surface area contributed by atoms with Gasteiger partial charge >= 0.3 is 0 Å². The molecule has 0 bridgehead atoms. The standard InChI is InChI=1S/C11H24N2O2/c1-9(2)15-8-11(14)7-13-5-4-12-10(3)6-13/h9-12,14H,4-8H2,1-3H3. The van der Waals surface area contributed by atoms with E-state index in [0.29, 0.717) is 12.6 Å². The Morgan fingerprint density at radius 3 is 2.87 bits per heavy atom. The first-order chi connectivity index (χ1) is 7.08. The lowest BCUT2D eigenvalue weighted by molar-refractivity contribution is -0.0113. The second-order valence-corrected chi connectivity index (χ2v) is 4.65. The summed E-state index contributed by atoms with van der Waals surface area (Å²) in [6, 6.07) is 0.525. The normalized spacial score (nSPS) is 25.8. The van der Waals surface area contributed by atoms with Gasteiger partial charge < -0.3 is 15.2 Å². The minimum atomic E-state index is -0.363. The predicted octanol–water partition coefficient (Wildman–Crippen LogP) is 0.0660. The predicted molar refractivity (Wildman–Crippen MR) is 61.0 cm³/mol. The molecule has 1 fully saturated rings. The number of hydrogen-bond donors (Lipinski definition) is 2. The number of piperazine rings is 1. The van der Waals surface area contributed by atoms with Crippen molar-refractivity contribution in [3.8, 4) is 0 Å². The van der Waals surface area contributed by atoms with Crippen molar-refractivity contribution in [2.24, 2.45) is 0 Å². The van der Waals surface area contributed by atoms with Gasteiger partial charge in [-0.25, -0.2) is 0 Å². The lowest BCUT2D eigenvalue weighted by Crippen LogP contribution is -2.51. The summed E-state index contributed by atoms with van der Waals surface area (Å²) in [5.41, 5.74) is 0. The molecule has 1 aliphatic heterocycles. The fourth-order valence-electron chi connectivity index (χ4n) is 1.83. The van der Waals surface area contributed by atoms with Crippen LogP contribution in [0.4, 0.5) is 0 Å². The Morgan fingerprint density at radius 1 is 1.53 bits per heavy atom. The molecule has 0 spiro atoms. The molecule has 4 heteroatoms. The van der Waals surface area contributed by atoms with E-state index in [1.165, 1.54) is 0 Å². The number of β-amino-alcohol motifs (C(OH)–C–C–N with tert-alkyl or cyclic N) is 1. The zero-order valence-electron chi connectivity index (χ0n) is 10.1. The topological polar surface area (TPSA) is 44.7 Å². The van der Waals surface area contributed by atoms with Crippen LogP contribution in [0, 0.1) is 0 Å². The molecule has 0 amide bonds. The smallest absolute Gasteiger partial charge is 0.0900 e. The molecule has 0 aromatic heterocycles. The Kier molecular flexibility index (Phi) is 5.53. The van der Waals surface area contributed by atoms with Crippen molar-refractivity contribution in [1.82, 2.24) is 10.2 Å². The highest BCUT2D eigenvalue weighted by Gasteiger charge is 2.18. The Balaban J connectivity index is 2.16. The summed E-state index contributed by atoms with van der Waals surface area (Å²) >= 11 is 0. The van der Waals surface area contributed by atoms with Crippen molar-refractivity contribution in [3.05, 3.63) is 0 Å². The maximum absolute atomic E-state index is 9.75. The summed E-state index contributed by atoms with van der Waals surface area (Å²) in [5.74, 6) is 0. The van der Waals surface area contributed by atoms with E-state index in [9.17, 15) is 5.11 Å². The Bertz CT molecular complexity index is 176. The number of nitrogens with one attached hydrogen (secondary N) is 1. The monoisotopic (exact) mass is 216 g/mol. The van der Waals surface area contributed by atoms with E-state index < -0.39 is 0 Å². The van der Waals surface area contributed by atoms with Crippen molar-refractivity contribution >= 4 is 0 Å². The van der Waals surface area contributed by atoms with E-state index in [4.69, 9.17) is 4.74 Å². The van der Waals surface area contributed by atoms with E-state index in [0.717, 1.165) is 26.2 Å². The van der Waals surface area contributed by atoms with Gasteiger partial charge in [-0.05, 0) is 20.8 Å². The van der Waals surface area contributed by atoms with E-state index in [1.54, 1.807) is 0 Å². The van der Waals surface area contributed by atoms with Crippen LogP contribution < -0.4 is 5.32 Å². The van der Waals surface area contributed by atoms with Crippen LogP contribution >= 0.6 is 0 Å². The molecular formula is C11H24N2O2. The van der Waals surface area contributed by atoms with Crippen LogP contribution in [-0.4, -0.2) is 61.0 Å². The summed E-state index contributed by atoms with van der Waals surface area (Å²) in [5, 5.41) is 13.1. The maximum Gasteiger partial charge on any atom is 0.0900 e. The molecule has 90 valence electrons. The molecule has 4 nitrogen and oxygen atoms in total. The molecular weight excluding hydrogens is 192 g/mol. The highest BCUT2D eigenvalue weighted by molar-refractivity contribution is 4.76. The van der Waals surface area contributed by atoms with Gasteiger partial charge in [-0.15, -0.1) is 0 Å². The van der Waals surface area contributed by atoms with Gasteiger partial charge in [0.2, 0.25) is 0 Å². The average molecular weight is 216 g/mol. The van der Waals surface area contributed by atoms with Gasteiger partial charge in [-0.1, -0.05) is 0 Å². The number of nitrogens with zero attached hydrogens (tertiary/aromatic N) is 1. The largest absolute Gasteiger partial charge is 0.389 e. The molecule has 15 heavy (non-hydrogen) atoms. The second-order valence-electron chi connectivity index (χ2n) is 4.65. The lowest BCUT2D eigenvalue weighted by Gasteiger charge is -2.33. The van der Waals surface area contributed by atoms with Crippen molar-refractivity contribution in [3.63, 3.8) is 0 Å². The molecule has 2 atom stereocenters. The SMILES string of the molecule is CC1CN(CC(O)COC(C)C)CCN1. The number of aliphatic hydroxyl groups is 1.